The van der Waals surface area contributed by atoms with Gasteiger partial charge in [-0.15, -0.1) is 0 Å². The molecule has 0 aromatic heterocycles. The Hall–Kier alpha value is -3.02. The van der Waals surface area contributed by atoms with Gasteiger partial charge in [0.25, 0.3) is 0 Å². The Balaban J connectivity index is 2.11. The van der Waals surface area contributed by atoms with E-state index >= 15 is 0 Å². The maximum atomic E-state index is 12.7. The first-order chi connectivity index (χ1) is 12.3. The van der Waals surface area contributed by atoms with E-state index in [4.69, 9.17) is 14.6 Å². The lowest BCUT2D eigenvalue weighted by Crippen LogP contribution is -2.39. The molecule has 138 valence electrons. The fourth-order valence-electron chi connectivity index (χ4n) is 2.52. The predicted octanol–water partition coefficient (Wildman–Crippen LogP) is 3.00. The maximum Gasteiger partial charge on any atom is 0.335 e. The number of aromatic carboxylic acids is 1. The molecular weight excluding hydrogens is 334 g/mol. The van der Waals surface area contributed by atoms with E-state index in [1.54, 1.807) is 38.5 Å². The van der Waals surface area contributed by atoms with Crippen LogP contribution in [0.3, 0.4) is 0 Å². The molecule has 0 atom stereocenters. The Morgan fingerprint density at radius 1 is 1.00 bits per heavy atom. The van der Waals surface area contributed by atoms with Gasteiger partial charge in [-0.2, -0.15) is 0 Å². The van der Waals surface area contributed by atoms with Gasteiger partial charge in [-0.1, -0.05) is 18.2 Å². The van der Waals surface area contributed by atoms with Crippen LogP contribution < -0.4 is 14.8 Å². The number of carboxylic acids is 1. The lowest BCUT2D eigenvalue weighted by Gasteiger charge is -2.25. The first-order valence-electron chi connectivity index (χ1n) is 8.12. The third-order valence-corrected chi connectivity index (χ3v) is 4.33. The highest BCUT2D eigenvalue weighted by molar-refractivity contribution is 5.88. The van der Waals surface area contributed by atoms with Crippen molar-refractivity contribution in [2.45, 2.75) is 25.8 Å². The number of carbonyl (C=O) groups excluding carboxylic acids is 1. The van der Waals surface area contributed by atoms with Gasteiger partial charge in [0, 0.05) is 6.54 Å². The van der Waals surface area contributed by atoms with Gasteiger partial charge in [-0.25, -0.2) is 4.79 Å². The van der Waals surface area contributed by atoms with Crippen molar-refractivity contribution in [2.75, 3.05) is 14.2 Å². The molecule has 0 fully saturated rings. The van der Waals surface area contributed by atoms with Crippen LogP contribution in [0.5, 0.6) is 11.5 Å². The molecule has 0 unspecified atom stereocenters. The lowest BCUT2D eigenvalue weighted by molar-refractivity contribution is -0.125. The molecule has 0 spiro atoms. The predicted molar refractivity (Wildman–Crippen MR) is 97.8 cm³/mol. The topological polar surface area (TPSA) is 84.9 Å². The fraction of sp³-hybridized carbons (Fsp3) is 0.300. The number of rotatable bonds is 7. The Labute approximate surface area is 152 Å². The van der Waals surface area contributed by atoms with Crippen molar-refractivity contribution >= 4 is 11.9 Å². The summed E-state index contributed by atoms with van der Waals surface area (Å²) in [5, 5.41) is 11.8. The first-order valence-corrected chi connectivity index (χ1v) is 8.12. The van der Waals surface area contributed by atoms with Gasteiger partial charge in [0.1, 0.15) is 0 Å². The zero-order chi connectivity index (χ0) is 19.3. The van der Waals surface area contributed by atoms with E-state index in [-0.39, 0.29) is 11.5 Å². The number of carbonyl (C=O) groups is 2. The van der Waals surface area contributed by atoms with Crippen LogP contribution in [0.2, 0.25) is 0 Å². The van der Waals surface area contributed by atoms with Gasteiger partial charge in [-0.3, -0.25) is 4.79 Å². The zero-order valence-electron chi connectivity index (χ0n) is 15.3. The third kappa shape index (κ3) is 4.14. The molecular formula is C20H23NO5. The molecule has 0 saturated carbocycles. The second kappa shape index (κ2) is 7.91. The molecule has 6 heteroatoms. The highest BCUT2D eigenvalue weighted by Crippen LogP contribution is 2.33. The molecule has 2 aromatic carbocycles. The number of benzene rings is 2. The number of nitrogens with one attached hydrogen (secondary N) is 1. The summed E-state index contributed by atoms with van der Waals surface area (Å²) in [7, 11) is 3.11. The van der Waals surface area contributed by atoms with Crippen molar-refractivity contribution in [1.29, 1.82) is 0 Å². The third-order valence-electron chi connectivity index (χ3n) is 4.33. The van der Waals surface area contributed by atoms with Crippen molar-refractivity contribution in [3.63, 3.8) is 0 Å². The SMILES string of the molecule is COc1ccc(C(C)(C)C(=O)NCc2ccc(C(=O)O)cc2)cc1OC. The van der Waals surface area contributed by atoms with Crippen LogP contribution in [0.4, 0.5) is 0 Å². The van der Waals surface area contributed by atoms with Crippen molar-refractivity contribution in [3.05, 3.63) is 59.2 Å². The van der Waals surface area contributed by atoms with Crippen LogP contribution in [-0.2, 0) is 16.8 Å². The summed E-state index contributed by atoms with van der Waals surface area (Å²) in [5.74, 6) is 0.0447. The van der Waals surface area contributed by atoms with E-state index in [1.165, 1.54) is 12.1 Å². The second-order valence-corrected chi connectivity index (χ2v) is 6.38. The van der Waals surface area contributed by atoms with E-state index < -0.39 is 11.4 Å². The van der Waals surface area contributed by atoms with E-state index in [2.05, 4.69) is 5.32 Å². The number of hydrogen-bond acceptors (Lipinski definition) is 4. The smallest absolute Gasteiger partial charge is 0.335 e. The fourth-order valence-corrected chi connectivity index (χ4v) is 2.52. The summed E-state index contributed by atoms with van der Waals surface area (Å²) in [6, 6.07) is 11.8. The second-order valence-electron chi connectivity index (χ2n) is 6.38. The Morgan fingerprint density at radius 2 is 1.62 bits per heavy atom. The summed E-state index contributed by atoms with van der Waals surface area (Å²) in [4.78, 5) is 23.6. The Morgan fingerprint density at radius 3 is 2.15 bits per heavy atom. The minimum absolute atomic E-state index is 0.146. The number of hydrogen-bond donors (Lipinski definition) is 2. The summed E-state index contributed by atoms with van der Waals surface area (Å²) in [6.07, 6.45) is 0. The molecule has 0 heterocycles. The van der Waals surface area contributed by atoms with Gasteiger partial charge in [-0.05, 0) is 49.2 Å². The number of carboxylic acid groups (broad SMARTS) is 1. The van der Waals surface area contributed by atoms with Crippen molar-refractivity contribution < 1.29 is 24.2 Å². The van der Waals surface area contributed by atoms with Crippen LogP contribution in [0.1, 0.15) is 35.3 Å². The molecule has 26 heavy (non-hydrogen) atoms. The average Bonchev–Trinajstić information content (AvgIpc) is 2.65. The van der Waals surface area contributed by atoms with E-state index in [1.807, 2.05) is 19.9 Å². The number of ether oxygens (including phenoxy) is 2. The van der Waals surface area contributed by atoms with Crippen LogP contribution in [0.25, 0.3) is 0 Å². The Kier molecular flexibility index (Phi) is 5.87. The largest absolute Gasteiger partial charge is 0.493 e. The zero-order valence-corrected chi connectivity index (χ0v) is 15.3. The van der Waals surface area contributed by atoms with Gasteiger partial charge in [0.15, 0.2) is 11.5 Å². The van der Waals surface area contributed by atoms with Crippen LogP contribution in [0.15, 0.2) is 42.5 Å². The van der Waals surface area contributed by atoms with Crippen LogP contribution in [0, 0.1) is 0 Å². The van der Waals surface area contributed by atoms with E-state index in [9.17, 15) is 9.59 Å². The molecule has 0 aliphatic carbocycles. The summed E-state index contributed by atoms with van der Waals surface area (Å²) < 4.78 is 10.5. The van der Waals surface area contributed by atoms with Crippen molar-refractivity contribution in [2.24, 2.45) is 0 Å². The standard InChI is InChI=1S/C20H23NO5/c1-20(2,15-9-10-16(25-3)17(11-15)26-4)19(24)21-12-13-5-7-14(8-6-13)18(22)23/h5-11H,12H2,1-4H3,(H,21,24)(H,22,23). The highest BCUT2D eigenvalue weighted by Gasteiger charge is 2.30. The molecule has 0 bridgehead atoms. The molecule has 1 amide bonds. The van der Waals surface area contributed by atoms with Gasteiger partial charge in [0.2, 0.25) is 5.91 Å². The number of amides is 1. The molecule has 2 aromatic rings. The molecule has 6 nitrogen and oxygen atoms in total. The van der Waals surface area contributed by atoms with Gasteiger partial charge in [0.05, 0.1) is 25.2 Å². The van der Waals surface area contributed by atoms with Crippen LogP contribution >= 0.6 is 0 Å². The first kappa shape index (κ1) is 19.3. The maximum absolute atomic E-state index is 12.7. The normalized spacial score (nSPS) is 10.9. The van der Waals surface area contributed by atoms with Gasteiger partial charge < -0.3 is 19.9 Å². The lowest BCUT2D eigenvalue weighted by atomic mass is 9.83. The summed E-state index contributed by atoms with van der Waals surface area (Å²) in [6.45, 7) is 3.98. The summed E-state index contributed by atoms with van der Waals surface area (Å²) in [5.41, 5.74) is 1.06. The Bertz CT molecular complexity index is 796. The van der Waals surface area contributed by atoms with E-state index in [0.717, 1.165) is 11.1 Å². The minimum atomic E-state index is -0.977. The monoisotopic (exact) mass is 357 g/mol. The molecule has 2 rings (SSSR count). The highest BCUT2D eigenvalue weighted by atomic mass is 16.5. The van der Waals surface area contributed by atoms with Gasteiger partial charge >= 0.3 is 5.97 Å². The molecule has 0 aliphatic rings. The quantitative estimate of drug-likeness (QED) is 0.796. The number of methoxy groups -OCH3 is 2. The van der Waals surface area contributed by atoms with Crippen molar-refractivity contribution in [1.82, 2.24) is 5.32 Å². The summed E-state index contributed by atoms with van der Waals surface area (Å²) >= 11 is 0. The molecule has 0 saturated heterocycles. The van der Waals surface area contributed by atoms with E-state index in [0.29, 0.717) is 18.0 Å². The minimum Gasteiger partial charge on any atom is -0.493 e. The van der Waals surface area contributed by atoms with Crippen molar-refractivity contribution in [3.8, 4) is 11.5 Å². The van der Waals surface area contributed by atoms with Crippen LogP contribution in [-0.4, -0.2) is 31.2 Å². The molecule has 2 N–H and O–H groups in total. The molecule has 0 radical (unpaired) electrons. The average molecular weight is 357 g/mol. The molecule has 0 aliphatic heterocycles.